The summed E-state index contributed by atoms with van der Waals surface area (Å²) >= 11 is 1.69. The standard InChI is InChI=1S/C24H28N4O2S/c1-18-26-22(17-31-18)16-27-12-9-21(10-13-27)24(30)25-14-19-5-7-20(8-6-19)15-28-11-3-2-4-23(28)29/h2-8,11,17,21H,9-10,12-16H2,1H3,(H,25,30). The topological polar surface area (TPSA) is 67.2 Å². The second-order valence-corrected chi connectivity index (χ2v) is 9.17. The highest BCUT2D eigenvalue weighted by Crippen LogP contribution is 2.20. The zero-order chi connectivity index (χ0) is 21.6. The molecule has 6 nitrogen and oxygen atoms in total. The van der Waals surface area contributed by atoms with Gasteiger partial charge in [-0.2, -0.15) is 0 Å². The number of thiazole rings is 1. The van der Waals surface area contributed by atoms with Crippen molar-refractivity contribution < 1.29 is 4.79 Å². The number of benzene rings is 1. The van der Waals surface area contributed by atoms with Crippen LogP contribution in [-0.4, -0.2) is 33.4 Å². The summed E-state index contributed by atoms with van der Waals surface area (Å²) in [6.45, 7) is 5.85. The van der Waals surface area contributed by atoms with Crippen LogP contribution in [0.2, 0.25) is 0 Å². The summed E-state index contributed by atoms with van der Waals surface area (Å²) in [6, 6.07) is 13.2. The summed E-state index contributed by atoms with van der Waals surface area (Å²) in [7, 11) is 0. The molecule has 162 valence electrons. The van der Waals surface area contributed by atoms with Gasteiger partial charge in [-0.1, -0.05) is 30.3 Å². The molecule has 3 heterocycles. The van der Waals surface area contributed by atoms with Crippen LogP contribution in [0, 0.1) is 12.8 Å². The van der Waals surface area contributed by atoms with E-state index in [4.69, 9.17) is 0 Å². The maximum absolute atomic E-state index is 12.6. The third kappa shape index (κ3) is 5.89. The quantitative estimate of drug-likeness (QED) is 0.618. The Morgan fingerprint density at radius 3 is 2.52 bits per heavy atom. The number of hydrogen-bond donors (Lipinski definition) is 1. The first-order valence-electron chi connectivity index (χ1n) is 10.7. The van der Waals surface area contributed by atoms with E-state index in [0.717, 1.165) is 54.3 Å². The van der Waals surface area contributed by atoms with E-state index in [1.54, 1.807) is 34.2 Å². The van der Waals surface area contributed by atoms with E-state index in [0.29, 0.717) is 13.1 Å². The number of rotatable bonds is 7. The van der Waals surface area contributed by atoms with E-state index in [2.05, 4.69) is 20.6 Å². The molecule has 0 spiro atoms. The molecule has 7 heteroatoms. The van der Waals surface area contributed by atoms with Crippen LogP contribution in [0.4, 0.5) is 0 Å². The average Bonchev–Trinajstić information content (AvgIpc) is 3.19. The Hall–Kier alpha value is -2.77. The van der Waals surface area contributed by atoms with Crippen molar-refractivity contribution in [2.75, 3.05) is 13.1 Å². The molecule has 0 aliphatic carbocycles. The van der Waals surface area contributed by atoms with Crippen LogP contribution in [-0.2, 0) is 24.4 Å². The molecule has 0 saturated carbocycles. The van der Waals surface area contributed by atoms with Crippen LogP contribution < -0.4 is 10.9 Å². The summed E-state index contributed by atoms with van der Waals surface area (Å²) in [5, 5.41) is 6.32. The first kappa shape index (κ1) is 21.5. The highest BCUT2D eigenvalue weighted by atomic mass is 32.1. The highest BCUT2D eigenvalue weighted by Gasteiger charge is 2.25. The Balaban J connectivity index is 1.22. The van der Waals surface area contributed by atoms with E-state index in [1.807, 2.05) is 37.3 Å². The Bertz CT molecular complexity index is 1070. The zero-order valence-electron chi connectivity index (χ0n) is 17.8. The molecule has 1 aromatic carbocycles. The van der Waals surface area contributed by atoms with E-state index in [9.17, 15) is 9.59 Å². The molecule has 2 aromatic heterocycles. The second kappa shape index (κ2) is 10.0. The normalized spacial score (nSPS) is 15.1. The molecular weight excluding hydrogens is 408 g/mol. The van der Waals surface area contributed by atoms with Crippen molar-refractivity contribution in [3.8, 4) is 0 Å². The Labute approximate surface area is 186 Å². The third-order valence-corrected chi connectivity index (χ3v) is 6.57. The Morgan fingerprint density at radius 2 is 1.84 bits per heavy atom. The minimum atomic E-state index is -0.00779. The van der Waals surface area contributed by atoms with Gasteiger partial charge in [0.25, 0.3) is 5.56 Å². The lowest BCUT2D eigenvalue weighted by molar-refractivity contribution is -0.126. The predicted molar refractivity (Wildman–Crippen MR) is 123 cm³/mol. The lowest BCUT2D eigenvalue weighted by Crippen LogP contribution is -2.40. The van der Waals surface area contributed by atoms with Crippen LogP contribution in [0.15, 0.2) is 58.8 Å². The maximum Gasteiger partial charge on any atom is 0.250 e. The van der Waals surface area contributed by atoms with Gasteiger partial charge < -0.3 is 9.88 Å². The molecule has 0 radical (unpaired) electrons. The minimum absolute atomic E-state index is 0.00779. The van der Waals surface area contributed by atoms with Crippen molar-refractivity contribution in [3.05, 3.63) is 86.2 Å². The van der Waals surface area contributed by atoms with E-state index in [1.165, 1.54) is 0 Å². The number of nitrogens with zero attached hydrogens (tertiary/aromatic N) is 3. The summed E-state index contributed by atoms with van der Waals surface area (Å²) < 4.78 is 1.68. The lowest BCUT2D eigenvalue weighted by Gasteiger charge is -2.30. The summed E-state index contributed by atoms with van der Waals surface area (Å²) in [6.07, 6.45) is 3.57. The molecule has 1 saturated heterocycles. The van der Waals surface area contributed by atoms with Gasteiger partial charge in [0.05, 0.1) is 17.2 Å². The number of piperidine rings is 1. The molecule has 31 heavy (non-hydrogen) atoms. The molecule has 0 atom stereocenters. The first-order chi connectivity index (χ1) is 15.1. The van der Waals surface area contributed by atoms with Crippen molar-refractivity contribution in [2.45, 2.75) is 39.4 Å². The zero-order valence-corrected chi connectivity index (χ0v) is 18.6. The van der Waals surface area contributed by atoms with Gasteiger partial charge in [-0.25, -0.2) is 4.98 Å². The number of amides is 1. The number of likely N-dealkylation sites (tertiary alicyclic amines) is 1. The van der Waals surface area contributed by atoms with Crippen LogP contribution in [0.3, 0.4) is 0 Å². The minimum Gasteiger partial charge on any atom is -0.352 e. The number of hydrogen-bond acceptors (Lipinski definition) is 5. The fraction of sp³-hybridized carbons (Fsp3) is 0.375. The molecule has 1 N–H and O–H groups in total. The molecule has 0 bridgehead atoms. The second-order valence-electron chi connectivity index (χ2n) is 8.11. The van der Waals surface area contributed by atoms with Gasteiger partial charge in [0.1, 0.15) is 0 Å². The van der Waals surface area contributed by atoms with Crippen molar-refractivity contribution in [2.24, 2.45) is 5.92 Å². The average molecular weight is 437 g/mol. The molecular formula is C24H28N4O2S. The van der Waals surface area contributed by atoms with Crippen LogP contribution in [0.1, 0.15) is 34.7 Å². The van der Waals surface area contributed by atoms with Crippen LogP contribution >= 0.6 is 11.3 Å². The number of carbonyl (C=O) groups is 1. The maximum atomic E-state index is 12.6. The summed E-state index contributed by atoms with van der Waals surface area (Å²) in [5.74, 6) is 0.224. The van der Waals surface area contributed by atoms with Gasteiger partial charge >= 0.3 is 0 Å². The number of carbonyl (C=O) groups excluding carboxylic acids is 1. The Kier molecular flexibility index (Phi) is 6.94. The van der Waals surface area contributed by atoms with Gasteiger partial charge in [-0.15, -0.1) is 11.3 Å². The van der Waals surface area contributed by atoms with E-state index in [-0.39, 0.29) is 17.4 Å². The van der Waals surface area contributed by atoms with E-state index < -0.39 is 0 Å². The fourth-order valence-corrected chi connectivity index (χ4v) is 4.55. The SMILES string of the molecule is Cc1nc(CN2CCC(C(=O)NCc3ccc(Cn4ccccc4=O)cc3)CC2)cs1. The van der Waals surface area contributed by atoms with Crippen molar-refractivity contribution >= 4 is 17.2 Å². The number of pyridine rings is 1. The molecule has 1 fully saturated rings. The highest BCUT2D eigenvalue weighted by molar-refractivity contribution is 7.09. The van der Waals surface area contributed by atoms with Crippen molar-refractivity contribution in [3.63, 3.8) is 0 Å². The fourth-order valence-electron chi connectivity index (χ4n) is 3.95. The summed E-state index contributed by atoms with van der Waals surface area (Å²) in [5.41, 5.74) is 3.25. The molecule has 1 aliphatic rings. The van der Waals surface area contributed by atoms with Crippen LogP contribution in [0.5, 0.6) is 0 Å². The van der Waals surface area contributed by atoms with Crippen LogP contribution in [0.25, 0.3) is 0 Å². The molecule has 1 amide bonds. The number of aryl methyl sites for hydroxylation is 1. The molecule has 3 aromatic rings. The Morgan fingerprint density at radius 1 is 1.10 bits per heavy atom. The van der Waals surface area contributed by atoms with E-state index >= 15 is 0 Å². The number of aromatic nitrogens is 2. The number of nitrogens with one attached hydrogen (secondary N) is 1. The van der Waals surface area contributed by atoms with Gasteiger partial charge in [-0.3, -0.25) is 14.5 Å². The van der Waals surface area contributed by atoms with Gasteiger partial charge in [0.15, 0.2) is 0 Å². The van der Waals surface area contributed by atoms with Gasteiger partial charge in [0.2, 0.25) is 5.91 Å². The smallest absolute Gasteiger partial charge is 0.250 e. The first-order valence-corrected chi connectivity index (χ1v) is 11.6. The van der Waals surface area contributed by atoms with Crippen molar-refractivity contribution in [1.29, 1.82) is 0 Å². The monoisotopic (exact) mass is 436 g/mol. The molecule has 0 unspecified atom stereocenters. The third-order valence-electron chi connectivity index (χ3n) is 5.75. The summed E-state index contributed by atoms with van der Waals surface area (Å²) in [4.78, 5) is 31.4. The molecule has 1 aliphatic heterocycles. The molecule has 4 rings (SSSR count). The predicted octanol–water partition coefficient (Wildman–Crippen LogP) is 3.19. The lowest BCUT2D eigenvalue weighted by atomic mass is 9.95. The van der Waals surface area contributed by atoms with Gasteiger partial charge in [0, 0.05) is 36.7 Å². The largest absolute Gasteiger partial charge is 0.352 e. The van der Waals surface area contributed by atoms with Crippen molar-refractivity contribution in [1.82, 2.24) is 19.8 Å². The van der Waals surface area contributed by atoms with Gasteiger partial charge in [-0.05, 0) is 50.0 Å².